The van der Waals surface area contributed by atoms with Crippen LogP contribution >= 0.6 is 11.3 Å². The highest BCUT2D eigenvalue weighted by Gasteiger charge is 2.34. The summed E-state index contributed by atoms with van der Waals surface area (Å²) in [6.45, 7) is 5.09. The number of likely N-dealkylation sites (tertiary alicyclic amines) is 1. The zero-order chi connectivity index (χ0) is 16.4. The van der Waals surface area contributed by atoms with Crippen LogP contribution < -0.4 is 0 Å². The first-order chi connectivity index (χ1) is 11.1. The number of rotatable bonds is 3. The molecule has 0 aliphatic carbocycles. The first kappa shape index (κ1) is 16.1. The maximum Gasteiger partial charge on any atom is 0.270 e. The second-order valence-electron chi connectivity index (χ2n) is 5.99. The van der Waals surface area contributed by atoms with Gasteiger partial charge in [0.1, 0.15) is 10.7 Å². The second-order valence-corrected chi connectivity index (χ2v) is 6.88. The molecule has 0 bridgehead atoms. The molecule has 3 heterocycles. The molecule has 1 fully saturated rings. The van der Waals surface area contributed by atoms with Crippen LogP contribution in [0.25, 0.3) is 0 Å². The molecule has 0 aromatic carbocycles. The Labute approximate surface area is 140 Å². The molecule has 3 rings (SSSR count). The average Bonchev–Trinajstić information content (AvgIpc) is 3.01. The van der Waals surface area contributed by atoms with Gasteiger partial charge in [0.05, 0.1) is 6.04 Å². The van der Waals surface area contributed by atoms with E-state index in [1.54, 1.807) is 11.3 Å². The highest BCUT2D eigenvalue weighted by molar-refractivity contribution is 7.09. The van der Waals surface area contributed by atoms with Crippen molar-refractivity contribution in [3.05, 3.63) is 16.1 Å². The van der Waals surface area contributed by atoms with E-state index in [1.807, 2.05) is 24.1 Å². The summed E-state index contributed by atoms with van der Waals surface area (Å²) < 4.78 is 0. The van der Waals surface area contributed by atoms with Crippen molar-refractivity contribution in [2.24, 2.45) is 5.10 Å². The standard InChI is InChI=1S/C16H22N4O2S/c1-3-20-14(21)8-7-12(18-20)16(22)19-9-5-4-6-13(19)15-17-11(2)10-23-15/h10,13H,3-9H2,1-2H3/t13-/m1/s1. The molecule has 0 saturated carbocycles. The summed E-state index contributed by atoms with van der Waals surface area (Å²) in [7, 11) is 0. The van der Waals surface area contributed by atoms with Crippen molar-refractivity contribution in [1.82, 2.24) is 14.9 Å². The normalized spacial score (nSPS) is 22.3. The summed E-state index contributed by atoms with van der Waals surface area (Å²) in [5.41, 5.74) is 1.51. The number of hydrazone groups is 1. The smallest absolute Gasteiger partial charge is 0.270 e. The van der Waals surface area contributed by atoms with Crippen LogP contribution in [0.5, 0.6) is 0 Å². The lowest BCUT2D eigenvalue weighted by Gasteiger charge is -2.35. The van der Waals surface area contributed by atoms with Crippen molar-refractivity contribution in [3.63, 3.8) is 0 Å². The number of nitrogens with zero attached hydrogens (tertiary/aromatic N) is 4. The summed E-state index contributed by atoms with van der Waals surface area (Å²) in [5, 5.41) is 8.73. The van der Waals surface area contributed by atoms with Crippen LogP contribution in [-0.2, 0) is 9.59 Å². The molecule has 2 amide bonds. The van der Waals surface area contributed by atoms with E-state index in [4.69, 9.17) is 0 Å². The molecular formula is C16H22N4O2S. The van der Waals surface area contributed by atoms with Crippen LogP contribution in [0.2, 0.25) is 0 Å². The van der Waals surface area contributed by atoms with Crippen molar-refractivity contribution >= 4 is 28.9 Å². The number of thiazole rings is 1. The van der Waals surface area contributed by atoms with Crippen molar-refractivity contribution in [2.75, 3.05) is 13.1 Å². The van der Waals surface area contributed by atoms with E-state index in [2.05, 4.69) is 10.1 Å². The van der Waals surface area contributed by atoms with Crippen LogP contribution in [0.3, 0.4) is 0 Å². The Bertz CT molecular complexity index is 640. The van der Waals surface area contributed by atoms with Gasteiger partial charge in [0, 0.05) is 37.0 Å². The molecule has 7 heteroatoms. The number of hydrogen-bond donors (Lipinski definition) is 0. The van der Waals surface area contributed by atoms with Gasteiger partial charge < -0.3 is 4.90 Å². The third kappa shape index (κ3) is 3.29. The Balaban J connectivity index is 1.83. The van der Waals surface area contributed by atoms with E-state index in [1.165, 1.54) is 5.01 Å². The molecule has 0 N–H and O–H groups in total. The average molecular weight is 334 g/mol. The van der Waals surface area contributed by atoms with Gasteiger partial charge in [-0.1, -0.05) is 0 Å². The van der Waals surface area contributed by atoms with E-state index >= 15 is 0 Å². The number of carbonyl (C=O) groups is 2. The monoisotopic (exact) mass is 334 g/mol. The van der Waals surface area contributed by atoms with Gasteiger partial charge in [0.25, 0.3) is 5.91 Å². The summed E-state index contributed by atoms with van der Waals surface area (Å²) in [5.74, 6) is -0.0386. The molecule has 2 aliphatic rings. The van der Waals surface area contributed by atoms with E-state index in [0.29, 0.717) is 25.1 Å². The maximum absolute atomic E-state index is 12.9. The van der Waals surface area contributed by atoms with Crippen molar-refractivity contribution in [3.8, 4) is 0 Å². The van der Waals surface area contributed by atoms with E-state index in [0.717, 1.165) is 36.5 Å². The third-order valence-electron chi connectivity index (χ3n) is 4.34. The molecule has 1 atom stereocenters. The fourth-order valence-electron chi connectivity index (χ4n) is 3.13. The molecule has 23 heavy (non-hydrogen) atoms. The van der Waals surface area contributed by atoms with Gasteiger partial charge >= 0.3 is 0 Å². The number of aryl methyl sites for hydroxylation is 1. The number of carbonyl (C=O) groups excluding carboxylic acids is 2. The molecule has 1 aromatic heterocycles. The van der Waals surface area contributed by atoms with Crippen LogP contribution in [0.1, 0.15) is 55.8 Å². The topological polar surface area (TPSA) is 65.9 Å². The lowest BCUT2D eigenvalue weighted by Crippen LogP contribution is -2.45. The number of piperidine rings is 1. The van der Waals surface area contributed by atoms with Crippen molar-refractivity contribution in [1.29, 1.82) is 0 Å². The Hall–Kier alpha value is -1.76. The van der Waals surface area contributed by atoms with E-state index < -0.39 is 0 Å². The zero-order valence-corrected chi connectivity index (χ0v) is 14.4. The van der Waals surface area contributed by atoms with Crippen molar-refractivity contribution < 1.29 is 9.59 Å². The second kappa shape index (κ2) is 6.78. The largest absolute Gasteiger partial charge is 0.328 e. The molecule has 2 aliphatic heterocycles. The number of aromatic nitrogens is 1. The number of amides is 2. The minimum atomic E-state index is -0.0338. The molecule has 0 radical (unpaired) electrons. The first-order valence-electron chi connectivity index (χ1n) is 8.21. The fourth-order valence-corrected chi connectivity index (χ4v) is 4.07. The van der Waals surface area contributed by atoms with Gasteiger partial charge in [-0.05, 0) is 33.1 Å². The molecule has 1 aromatic rings. The van der Waals surface area contributed by atoms with Crippen LogP contribution in [-0.4, -0.2) is 45.5 Å². The van der Waals surface area contributed by atoms with Gasteiger partial charge in [-0.15, -0.1) is 11.3 Å². The van der Waals surface area contributed by atoms with Crippen LogP contribution in [0.4, 0.5) is 0 Å². The zero-order valence-electron chi connectivity index (χ0n) is 13.6. The number of hydrogen-bond acceptors (Lipinski definition) is 5. The molecular weight excluding hydrogens is 312 g/mol. The SMILES string of the molecule is CCN1N=C(C(=O)N2CCCC[C@@H]2c2nc(C)cs2)CCC1=O. The molecule has 1 saturated heterocycles. The summed E-state index contributed by atoms with van der Waals surface area (Å²) in [6.07, 6.45) is 3.87. The predicted molar refractivity (Wildman–Crippen MR) is 89.2 cm³/mol. The summed E-state index contributed by atoms with van der Waals surface area (Å²) in [6, 6.07) is 0.0466. The third-order valence-corrected chi connectivity index (χ3v) is 5.40. The van der Waals surface area contributed by atoms with E-state index in [9.17, 15) is 9.59 Å². The molecule has 124 valence electrons. The minimum absolute atomic E-state index is 0.00482. The van der Waals surface area contributed by atoms with Gasteiger partial charge in [0.2, 0.25) is 5.91 Å². The van der Waals surface area contributed by atoms with Gasteiger partial charge in [0.15, 0.2) is 0 Å². The predicted octanol–water partition coefficient (Wildman–Crippen LogP) is 2.50. The lowest BCUT2D eigenvalue weighted by molar-refractivity contribution is -0.132. The summed E-state index contributed by atoms with van der Waals surface area (Å²) in [4.78, 5) is 31.2. The highest BCUT2D eigenvalue weighted by atomic mass is 32.1. The Morgan fingerprint density at radius 1 is 1.39 bits per heavy atom. The van der Waals surface area contributed by atoms with Crippen molar-refractivity contribution in [2.45, 2.75) is 52.0 Å². The van der Waals surface area contributed by atoms with Crippen LogP contribution in [0.15, 0.2) is 10.5 Å². The highest BCUT2D eigenvalue weighted by Crippen LogP contribution is 2.33. The Morgan fingerprint density at radius 2 is 2.22 bits per heavy atom. The van der Waals surface area contributed by atoms with Crippen LogP contribution in [0, 0.1) is 6.92 Å². The summed E-state index contributed by atoms with van der Waals surface area (Å²) >= 11 is 1.62. The quantitative estimate of drug-likeness (QED) is 0.853. The Kier molecular flexibility index (Phi) is 4.75. The molecule has 0 unspecified atom stereocenters. The molecule has 6 nitrogen and oxygen atoms in total. The maximum atomic E-state index is 12.9. The fraction of sp³-hybridized carbons (Fsp3) is 0.625. The lowest BCUT2D eigenvalue weighted by atomic mass is 10.0. The van der Waals surface area contributed by atoms with E-state index in [-0.39, 0.29) is 17.9 Å². The van der Waals surface area contributed by atoms with Gasteiger partial charge in [-0.2, -0.15) is 5.10 Å². The van der Waals surface area contributed by atoms with Gasteiger partial charge in [-0.3, -0.25) is 9.59 Å². The minimum Gasteiger partial charge on any atom is -0.328 e. The van der Waals surface area contributed by atoms with Gasteiger partial charge in [-0.25, -0.2) is 9.99 Å². The molecule has 0 spiro atoms. The first-order valence-corrected chi connectivity index (χ1v) is 9.09. The Morgan fingerprint density at radius 3 is 2.91 bits per heavy atom.